The maximum atomic E-state index is 11.1. The van der Waals surface area contributed by atoms with E-state index < -0.39 is 5.97 Å². The summed E-state index contributed by atoms with van der Waals surface area (Å²) in [5, 5.41) is 12.1. The first-order valence-corrected chi connectivity index (χ1v) is 5.98. The Hall–Kier alpha value is -1.95. The number of hydrogen-bond donors (Lipinski definition) is 2. The van der Waals surface area contributed by atoms with E-state index in [0.717, 1.165) is 10.2 Å². The highest BCUT2D eigenvalue weighted by Gasteiger charge is 2.10. The van der Waals surface area contributed by atoms with Crippen LogP contribution in [-0.4, -0.2) is 21.0 Å². The van der Waals surface area contributed by atoms with Crippen LogP contribution in [0.4, 0.5) is 5.69 Å². The summed E-state index contributed by atoms with van der Waals surface area (Å²) in [5.41, 5.74) is 1.58. The molecule has 0 atom stereocenters. The predicted molar refractivity (Wildman–Crippen MR) is 70.5 cm³/mol. The van der Waals surface area contributed by atoms with Gasteiger partial charge in [0.2, 0.25) is 0 Å². The van der Waals surface area contributed by atoms with Gasteiger partial charge >= 0.3 is 5.97 Å². The molecule has 2 N–H and O–H groups in total. The number of halogens is 1. The summed E-state index contributed by atoms with van der Waals surface area (Å²) in [6.45, 7) is 0.449. The first-order chi connectivity index (χ1) is 8.66. The molecule has 1 aromatic heterocycles. The van der Waals surface area contributed by atoms with Crippen molar-refractivity contribution in [2.75, 3.05) is 5.32 Å². The number of carboxylic acids is 1. The monoisotopic (exact) mass is 307 g/mol. The Balaban J connectivity index is 2.17. The zero-order chi connectivity index (χ0) is 13.0. The molecule has 0 bridgehead atoms. The fourth-order valence-electron chi connectivity index (χ4n) is 1.46. The average Bonchev–Trinajstić information content (AvgIpc) is 2.38. The highest BCUT2D eigenvalue weighted by molar-refractivity contribution is 9.10. The van der Waals surface area contributed by atoms with Crippen molar-refractivity contribution >= 4 is 27.6 Å². The van der Waals surface area contributed by atoms with Crippen molar-refractivity contribution in [3.8, 4) is 0 Å². The van der Waals surface area contributed by atoms with Crippen molar-refractivity contribution in [3.63, 3.8) is 0 Å². The number of aromatic nitrogens is 2. The van der Waals surface area contributed by atoms with Gasteiger partial charge in [-0.1, -0.05) is 15.9 Å². The Morgan fingerprint density at radius 2 is 2.22 bits per heavy atom. The molecule has 2 rings (SSSR count). The van der Waals surface area contributed by atoms with Crippen LogP contribution in [0.1, 0.15) is 16.1 Å². The molecule has 0 radical (unpaired) electrons. The molecule has 0 fully saturated rings. The molecule has 92 valence electrons. The molecule has 6 heteroatoms. The van der Waals surface area contributed by atoms with E-state index in [1.165, 1.54) is 6.33 Å². The number of nitrogens with zero attached hydrogens (tertiary/aromatic N) is 2. The van der Waals surface area contributed by atoms with Crippen LogP contribution in [0.15, 0.2) is 41.3 Å². The lowest BCUT2D eigenvalue weighted by atomic mass is 10.2. The predicted octanol–water partition coefficient (Wildman–Crippen LogP) is 2.55. The minimum Gasteiger partial charge on any atom is -0.478 e. The molecular formula is C12H10BrN3O2. The van der Waals surface area contributed by atoms with Gasteiger partial charge in [-0.15, -0.1) is 0 Å². The molecule has 1 aromatic carbocycles. The number of aromatic carboxylic acids is 1. The topological polar surface area (TPSA) is 75.1 Å². The number of benzene rings is 1. The van der Waals surface area contributed by atoms with Gasteiger partial charge in [0.25, 0.3) is 0 Å². The van der Waals surface area contributed by atoms with Crippen LogP contribution in [0.3, 0.4) is 0 Å². The van der Waals surface area contributed by atoms with Gasteiger partial charge in [0.05, 0.1) is 17.8 Å². The second-order valence-corrected chi connectivity index (χ2v) is 4.47. The molecule has 0 aliphatic heterocycles. The number of hydrogen-bond acceptors (Lipinski definition) is 4. The lowest BCUT2D eigenvalue weighted by molar-refractivity contribution is 0.0698. The zero-order valence-corrected chi connectivity index (χ0v) is 10.9. The van der Waals surface area contributed by atoms with E-state index in [1.807, 2.05) is 0 Å². The third-order valence-electron chi connectivity index (χ3n) is 2.32. The van der Waals surface area contributed by atoms with E-state index in [-0.39, 0.29) is 5.56 Å². The zero-order valence-electron chi connectivity index (χ0n) is 9.30. The van der Waals surface area contributed by atoms with Crippen molar-refractivity contribution < 1.29 is 9.90 Å². The highest BCUT2D eigenvalue weighted by Crippen LogP contribution is 2.21. The fraction of sp³-hybridized carbons (Fsp3) is 0.0833. The second kappa shape index (κ2) is 5.59. The molecule has 18 heavy (non-hydrogen) atoms. The maximum Gasteiger partial charge on any atom is 0.337 e. The smallest absolute Gasteiger partial charge is 0.337 e. The third-order valence-corrected chi connectivity index (χ3v) is 2.81. The van der Waals surface area contributed by atoms with Gasteiger partial charge in [-0.2, -0.15) is 0 Å². The van der Waals surface area contributed by atoms with Gasteiger partial charge in [-0.25, -0.2) is 14.8 Å². The minimum absolute atomic E-state index is 0.221. The molecule has 0 saturated carbocycles. The van der Waals surface area contributed by atoms with E-state index >= 15 is 0 Å². The summed E-state index contributed by atoms with van der Waals surface area (Å²) >= 11 is 3.25. The average molecular weight is 308 g/mol. The van der Waals surface area contributed by atoms with Crippen LogP contribution in [0.2, 0.25) is 0 Å². The van der Waals surface area contributed by atoms with Crippen LogP contribution < -0.4 is 5.32 Å². The van der Waals surface area contributed by atoms with Crippen LogP contribution in [0.5, 0.6) is 0 Å². The van der Waals surface area contributed by atoms with Gasteiger partial charge in [-0.05, 0) is 24.3 Å². The van der Waals surface area contributed by atoms with E-state index in [2.05, 4.69) is 31.2 Å². The number of carbonyl (C=O) groups is 1. The standard InChI is InChI=1S/C12H10BrN3O2/c13-8-1-2-11(10(5-8)12(17)18)15-6-9-3-4-14-7-16-9/h1-5,7,15H,6H2,(H,17,18). The van der Waals surface area contributed by atoms with Gasteiger partial charge in [0.1, 0.15) is 6.33 Å². The van der Waals surface area contributed by atoms with E-state index in [9.17, 15) is 4.79 Å². The summed E-state index contributed by atoms with van der Waals surface area (Å²) in [5.74, 6) is -0.971. The molecule has 0 saturated heterocycles. The number of nitrogens with one attached hydrogen (secondary N) is 1. The number of rotatable bonds is 4. The fourth-order valence-corrected chi connectivity index (χ4v) is 1.82. The summed E-state index contributed by atoms with van der Waals surface area (Å²) in [4.78, 5) is 19.0. The Kier molecular flexibility index (Phi) is 3.88. The van der Waals surface area contributed by atoms with Crippen LogP contribution >= 0.6 is 15.9 Å². The van der Waals surface area contributed by atoms with Crippen LogP contribution in [0.25, 0.3) is 0 Å². The number of anilines is 1. The lowest BCUT2D eigenvalue weighted by Crippen LogP contribution is -2.07. The van der Waals surface area contributed by atoms with Crippen LogP contribution in [0, 0.1) is 0 Å². The molecule has 0 unspecified atom stereocenters. The summed E-state index contributed by atoms with van der Waals surface area (Å²) < 4.78 is 0.729. The van der Waals surface area contributed by atoms with Crippen molar-refractivity contribution in [2.45, 2.75) is 6.54 Å². The second-order valence-electron chi connectivity index (χ2n) is 3.55. The number of carboxylic acid groups (broad SMARTS) is 1. The summed E-state index contributed by atoms with van der Waals surface area (Å²) in [7, 11) is 0. The minimum atomic E-state index is -0.971. The van der Waals surface area contributed by atoms with Crippen molar-refractivity contribution in [2.24, 2.45) is 0 Å². The van der Waals surface area contributed by atoms with Crippen molar-refractivity contribution in [1.29, 1.82) is 0 Å². The Morgan fingerprint density at radius 3 is 2.89 bits per heavy atom. The van der Waals surface area contributed by atoms with E-state index in [4.69, 9.17) is 5.11 Å². The first-order valence-electron chi connectivity index (χ1n) is 5.18. The summed E-state index contributed by atoms with van der Waals surface area (Å²) in [6, 6.07) is 6.83. The van der Waals surface area contributed by atoms with Gasteiger partial charge in [-0.3, -0.25) is 0 Å². The molecule has 0 spiro atoms. The molecule has 1 heterocycles. The molecule has 0 aliphatic rings. The van der Waals surface area contributed by atoms with Gasteiger partial charge < -0.3 is 10.4 Å². The van der Waals surface area contributed by atoms with Gasteiger partial charge in [0, 0.05) is 16.4 Å². The Morgan fingerprint density at radius 1 is 1.39 bits per heavy atom. The summed E-state index contributed by atoms with van der Waals surface area (Å²) in [6.07, 6.45) is 3.10. The normalized spacial score (nSPS) is 10.1. The molecular weight excluding hydrogens is 298 g/mol. The lowest BCUT2D eigenvalue weighted by Gasteiger charge is -2.09. The Bertz CT molecular complexity index is 561. The molecule has 0 aliphatic carbocycles. The maximum absolute atomic E-state index is 11.1. The quantitative estimate of drug-likeness (QED) is 0.908. The van der Waals surface area contributed by atoms with E-state index in [1.54, 1.807) is 30.5 Å². The first kappa shape index (κ1) is 12.5. The van der Waals surface area contributed by atoms with Crippen LogP contribution in [-0.2, 0) is 6.54 Å². The molecule has 5 nitrogen and oxygen atoms in total. The van der Waals surface area contributed by atoms with E-state index in [0.29, 0.717) is 12.2 Å². The largest absolute Gasteiger partial charge is 0.478 e. The van der Waals surface area contributed by atoms with Gasteiger partial charge in [0.15, 0.2) is 0 Å². The third kappa shape index (κ3) is 3.04. The molecule has 0 amide bonds. The van der Waals surface area contributed by atoms with Crippen molar-refractivity contribution in [3.05, 3.63) is 52.5 Å². The molecule has 2 aromatic rings. The Labute approximate surface area is 112 Å². The van der Waals surface area contributed by atoms with Crippen molar-refractivity contribution in [1.82, 2.24) is 9.97 Å². The highest BCUT2D eigenvalue weighted by atomic mass is 79.9. The SMILES string of the molecule is O=C(O)c1cc(Br)ccc1NCc1ccncn1.